The molecule has 1 saturated heterocycles. The van der Waals surface area contributed by atoms with Crippen molar-refractivity contribution in [2.24, 2.45) is 17.8 Å². The summed E-state index contributed by atoms with van der Waals surface area (Å²) in [4.78, 5) is 11.1. The van der Waals surface area contributed by atoms with Crippen molar-refractivity contribution >= 4 is 5.97 Å². The third-order valence-electron chi connectivity index (χ3n) is 2.69. The Morgan fingerprint density at radius 1 is 1.50 bits per heavy atom. The van der Waals surface area contributed by atoms with Crippen molar-refractivity contribution in [3.05, 3.63) is 12.2 Å². The molecule has 1 fully saturated rings. The van der Waals surface area contributed by atoms with Gasteiger partial charge in [-0.2, -0.15) is 0 Å². The van der Waals surface area contributed by atoms with E-state index in [0.29, 0.717) is 18.4 Å². The van der Waals surface area contributed by atoms with Gasteiger partial charge < -0.3 is 4.74 Å². The van der Waals surface area contributed by atoms with E-state index in [2.05, 4.69) is 13.0 Å². The molecule has 0 spiro atoms. The quantitative estimate of drug-likeness (QED) is 0.442. The Hall–Kier alpha value is -0.790. The summed E-state index contributed by atoms with van der Waals surface area (Å²) < 4.78 is 5.04. The molecule has 3 unspecified atom stereocenters. The average Bonchev–Trinajstić information content (AvgIpc) is 2.07. The predicted molar refractivity (Wildman–Crippen MR) is 47.6 cm³/mol. The Kier molecular flexibility index (Phi) is 2.90. The van der Waals surface area contributed by atoms with Gasteiger partial charge in [-0.05, 0) is 12.8 Å². The van der Waals surface area contributed by atoms with E-state index in [1.807, 2.05) is 19.9 Å². The SMILES string of the molecule is C/C=C/C1COC(=O)C(C)C1C. The molecule has 0 saturated carbocycles. The number of rotatable bonds is 1. The summed E-state index contributed by atoms with van der Waals surface area (Å²) in [6.07, 6.45) is 4.14. The van der Waals surface area contributed by atoms with E-state index in [9.17, 15) is 4.79 Å². The molecule has 3 atom stereocenters. The highest BCUT2D eigenvalue weighted by atomic mass is 16.5. The highest BCUT2D eigenvalue weighted by molar-refractivity contribution is 5.73. The second kappa shape index (κ2) is 3.74. The fraction of sp³-hybridized carbons (Fsp3) is 0.700. The number of cyclic esters (lactones) is 1. The summed E-state index contributed by atoms with van der Waals surface area (Å²) in [6.45, 7) is 6.58. The molecular formula is C10H16O2. The van der Waals surface area contributed by atoms with Crippen molar-refractivity contribution in [2.75, 3.05) is 6.61 Å². The van der Waals surface area contributed by atoms with Gasteiger partial charge in [0.25, 0.3) is 0 Å². The lowest BCUT2D eigenvalue weighted by atomic mass is 9.82. The van der Waals surface area contributed by atoms with Crippen molar-refractivity contribution in [1.82, 2.24) is 0 Å². The van der Waals surface area contributed by atoms with Crippen molar-refractivity contribution < 1.29 is 9.53 Å². The molecule has 1 aliphatic heterocycles. The summed E-state index contributed by atoms with van der Waals surface area (Å²) in [6, 6.07) is 0. The van der Waals surface area contributed by atoms with E-state index in [-0.39, 0.29) is 11.9 Å². The maximum Gasteiger partial charge on any atom is 0.308 e. The van der Waals surface area contributed by atoms with Gasteiger partial charge in [-0.15, -0.1) is 0 Å². The second-order valence-electron chi connectivity index (χ2n) is 3.47. The van der Waals surface area contributed by atoms with Crippen molar-refractivity contribution in [3.63, 3.8) is 0 Å². The molecule has 0 bridgehead atoms. The van der Waals surface area contributed by atoms with Gasteiger partial charge in [-0.3, -0.25) is 4.79 Å². The van der Waals surface area contributed by atoms with Gasteiger partial charge in [-0.25, -0.2) is 0 Å². The Bertz CT molecular complexity index is 196. The van der Waals surface area contributed by atoms with E-state index in [1.54, 1.807) is 0 Å². The zero-order valence-corrected chi connectivity index (χ0v) is 7.91. The van der Waals surface area contributed by atoms with Crippen LogP contribution in [0.25, 0.3) is 0 Å². The Balaban J connectivity index is 2.64. The maximum absolute atomic E-state index is 11.1. The molecule has 2 heteroatoms. The normalized spacial score (nSPS) is 36.9. The molecule has 0 aromatic heterocycles. The number of allylic oxidation sites excluding steroid dienone is 1. The Morgan fingerprint density at radius 3 is 2.75 bits per heavy atom. The van der Waals surface area contributed by atoms with E-state index in [1.165, 1.54) is 0 Å². The Labute approximate surface area is 73.6 Å². The second-order valence-corrected chi connectivity index (χ2v) is 3.47. The smallest absolute Gasteiger partial charge is 0.308 e. The zero-order chi connectivity index (χ0) is 9.14. The lowest BCUT2D eigenvalue weighted by Gasteiger charge is -2.30. The highest BCUT2D eigenvalue weighted by Crippen LogP contribution is 2.28. The van der Waals surface area contributed by atoms with Crippen LogP contribution in [0.5, 0.6) is 0 Å². The minimum atomic E-state index is -0.0525. The van der Waals surface area contributed by atoms with Gasteiger partial charge in [-0.1, -0.05) is 26.0 Å². The van der Waals surface area contributed by atoms with E-state index in [0.717, 1.165) is 0 Å². The van der Waals surface area contributed by atoms with Gasteiger partial charge in [0.05, 0.1) is 12.5 Å². The first kappa shape index (κ1) is 9.30. The van der Waals surface area contributed by atoms with Crippen LogP contribution in [0, 0.1) is 17.8 Å². The predicted octanol–water partition coefficient (Wildman–Crippen LogP) is 2.01. The van der Waals surface area contributed by atoms with Crippen LogP contribution in [0.3, 0.4) is 0 Å². The summed E-state index contributed by atoms with van der Waals surface area (Å²) >= 11 is 0. The van der Waals surface area contributed by atoms with Gasteiger partial charge in [0, 0.05) is 5.92 Å². The van der Waals surface area contributed by atoms with Crippen LogP contribution in [0.2, 0.25) is 0 Å². The maximum atomic E-state index is 11.1. The summed E-state index contributed by atoms with van der Waals surface area (Å²) in [5.74, 6) is 0.799. The van der Waals surface area contributed by atoms with E-state index < -0.39 is 0 Å². The van der Waals surface area contributed by atoms with E-state index >= 15 is 0 Å². The molecule has 12 heavy (non-hydrogen) atoms. The van der Waals surface area contributed by atoms with Crippen LogP contribution >= 0.6 is 0 Å². The standard InChI is InChI=1S/C10H16O2/c1-4-5-9-6-12-10(11)8(3)7(9)2/h4-5,7-9H,6H2,1-3H3/b5-4+. The molecule has 0 aromatic rings. The first-order valence-corrected chi connectivity index (χ1v) is 4.46. The molecule has 0 radical (unpaired) electrons. The zero-order valence-electron chi connectivity index (χ0n) is 7.91. The number of carbonyl (C=O) groups excluding carboxylic acids is 1. The largest absolute Gasteiger partial charge is 0.465 e. The topological polar surface area (TPSA) is 26.3 Å². The third-order valence-corrected chi connectivity index (χ3v) is 2.69. The van der Waals surface area contributed by atoms with Crippen LogP contribution in [-0.2, 0) is 9.53 Å². The van der Waals surface area contributed by atoms with Gasteiger partial charge in [0.1, 0.15) is 0 Å². The summed E-state index contributed by atoms with van der Waals surface area (Å²) in [5.41, 5.74) is 0. The molecule has 68 valence electrons. The number of esters is 1. The van der Waals surface area contributed by atoms with Gasteiger partial charge in [0.15, 0.2) is 0 Å². The molecule has 1 rings (SSSR count). The lowest BCUT2D eigenvalue weighted by Crippen LogP contribution is -2.35. The first-order valence-electron chi connectivity index (χ1n) is 4.46. The van der Waals surface area contributed by atoms with Crippen molar-refractivity contribution in [3.8, 4) is 0 Å². The third kappa shape index (κ3) is 1.68. The molecule has 0 N–H and O–H groups in total. The average molecular weight is 168 g/mol. The number of carbonyl (C=O) groups is 1. The number of hydrogen-bond acceptors (Lipinski definition) is 2. The van der Waals surface area contributed by atoms with Crippen LogP contribution in [0.1, 0.15) is 20.8 Å². The number of ether oxygens (including phenoxy) is 1. The molecule has 0 amide bonds. The van der Waals surface area contributed by atoms with Crippen LogP contribution in [0.4, 0.5) is 0 Å². The minimum absolute atomic E-state index is 0.0416. The first-order chi connectivity index (χ1) is 5.66. The lowest BCUT2D eigenvalue weighted by molar-refractivity contribution is -0.157. The van der Waals surface area contributed by atoms with Gasteiger partial charge >= 0.3 is 5.97 Å². The van der Waals surface area contributed by atoms with Crippen LogP contribution in [0.15, 0.2) is 12.2 Å². The molecule has 1 heterocycles. The molecule has 1 aliphatic rings. The monoisotopic (exact) mass is 168 g/mol. The fourth-order valence-corrected chi connectivity index (χ4v) is 1.53. The van der Waals surface area contributed by atoms with Crippen LogP contribution < -0.4 is 0 Å². The van der Waals surface area contributed by atoms with E-state index in [4.69, 9.17) is 4.74 Å². The molecule has 2 nitrogen and oxygen atoms in total. The highest BCUT2D eigenvalue weighted by Gasteiger charge is 2.32. The molecule has 0 aromatic carbocycles. The molecule has 0 aliphatic carbocycles. The van der Waals surface area contributed by atoms with Crippen molar-refractivity contribution in [2.45, 2.75) is 20.8 Å². The van der Waals surface area contributed by atoms with Gasteiger partial charge in [0.2, 0.25) is 0 Å². The minimum Gasteiger partial charge on any atom is -0.465 e. The summed E-state index contributed by atoms with van der Waals surface area (Å²) in [7, 11) is 0. The van der Waals surface area contributed by atoms with Crippen LogP contribution in [-0.4, -0.2) is 12.6 Å². The van der Waals surface area contributed by atoms with Crippen molar-refractivity contribution in [1.29, 1.82) is 0 Å². The molecular weight excluding hydrogens is 152 g/mol. The summed E-state index contributed by atoms with van der Waals surface area (Å²) in [5, 5.41) is 0. The fourth-order valence-electron chi connectivity index (χ4n) is 1.53. The Morgan fingerprint density at radius 2 is 2.17 bits per heavy atom. The number of hydrogen-bond donors (Lipinski definition) is 0.